The number of carbonyl (C=O) groups is 1. The Hall–Kier alpha value is -1.47. The second-order valence-corrected chi connectivity index (χ2v) is 3.35. The maximum absolute atomic E-state index is 10.9. The van der Waals surface area contributed by atoms with Crippen LogP contribution in [0.25, 0.3) is 0 Å². The topological polar surface area (TPSA) is 86.5 Å². The van der Waals surface area contributed by atoms with Crippen LogP contribution in [0.5, 0.6) is 0 Å². The van der Waals surface area contributed by atoms with E-state index in [4.69, 9.17) is 14.6 Å². The second-order valence-electron chi connectivity index (χ2n) is 3.35. The summed E-state index contributed by atoms with van der Waals surface area (Å²) in [4.78, 5) is 10.9. The number of hydrogen-bond acceptors (Lipinski definition) is 5. The van der Waals surface area contributed by atoms with Crippen LogP contribution in [-0.4, -0.2) is 53.0 Å². The number of aromatic nitrogens is 3. The van der Waals surface area contributed by atoms with Gasteiger partial charge >= 0.3 is 5.97 Å². The van der Waals surface area contributed by atoms with E-state index in [1.807, 2.05) is 6.92 Å². The predicted molar refractivity (Wildman–Crippen MR) is 59.1 cm³/mol. The summed E-state index contributed by atoms with van der Waals surface area (Å²) in [5, 5.41) is 16.4. The highest BCUT2D eigenvalue weighted by atomic mass is 16.5. The van der Waals surface area contributed by atoms with E-state index in [2.05, 4.69) is 10.3 Å². The van der Waals surface area contributed by atoms with Crippen molar-refractivity contribution in [2.75, 3.05) is 26.9 Å². The summed E-state index contributed by atoms with van der Waals surface area (Å²) in [5.74, 6) is -1.07. The Morgan fingerprint density at radius 1 is 1.47 bits per heavy atom. The fourth-order valence-electron chi connectivity index (χ4n) is 1.42. The summed E-state index contributed by atoms with van der Waals surface area (Å²) in [5.41, 5.74) is 0.553. The van der Waals surface area contributed by atoms with E-state index in [9.17, 15) is 4.79 Å². The molecule has 7 nitrogen and oxygen atoms in total. The fourth-order valence-corrected chi connectivity index (χ4v) is 1.42. The van der Waals surface area contributed by atoms with Crippen LogP contribution < -0.4 is 0 Å². The highest BCUT2D eigenvalue weighted by molar-refractivity contribution is 5.86. The highest BCUT2D eigenvalue weighted by Crippen LogP contribution is 2.07. The summed E-state index contributed by atoms with van der Waals surface area (Å²) in [6.07, 6.45) is 0.470. The maximum Gasteiger partial charge on any atom is 0.358 e. The molecule has 0 atom stereocenters. The molecular weight excluding hydrogens is 226 g/mol. The highest BCUT2D eigenvalue weighted by Gasteiger charge is 2.18. The lowest BCUT2D eigenvalue weighted by Gasteiger charge is -2.06. The van der Waals surface area contributed by atoms with Gasteiger partial charge in [-0.2, -0.15) is 0 Å². The average molecular weight is 243 g/mol. The first-order chi connectivity index (χ1) is 8.20. The molecule has 0 aliphatic heterocycles. The number of methoxy groups -OCH3 is 1. The molecule has 1 aromatic heterocycles. The van der Waals surface area contributed by atoms with E-state index < -0.39 is 5.97 Å². The third-order valence-corrected chi connectivity index (χ3v) is 2.23. The molecule has 1 N–H and O–H groups in total. The molecule has 0 aliphatic carbocycles. The van der Waals surface area contributed by atoms with Gasteiger partial charge in [-0.15, -0.1) is 5.10 Å². The van der Waals surface area contributed by atoms with Crippen LogP contribution in [0, 0.1) is 0 Å². The molecule has 1 aromatic rings. The first kappa shape index (κ1) is 13.6. The van der Waals surface area contributed by atoms with Crippen molar-refractivity contribution in [2.45, 2.75) is 19.9 Å². The average Bonchev–Trinajstić information content (AvgIpc) is 2.70. The molecule has 0 saturated heterocycles. The van der Waals surface area contributed by atoms with Crippen LogP contribution in [0.3, 0.4) is 0 Å². The van der Waals surface area contributed by atoms with Crippen molar-refractivity contribution in [3.05, 3.63) is 11.4 Å². The van der Waals surface area contributed by atoms with Gasteiger partial charge < -0.3 is 14.6 Å². The number of nitrogens with zero attached hydrogens (tertiary/aromatic N) is 3. The van der Waals surface area contributed by atoms with Gasteiger partial charge in [-0.05, 0) is 6.92 Å². The van der Waals surface area contributed by atoms with E-state index in [1.165, 1.54) is 0 Å². The van der Waals surface area contributed by atoms with Gasteiger partial charge in [-0.3, -0.25) is 0 Å². The number of carboxylic acid groups (broad SMARTS) is 1. The Morgan fingerprint density at radius 3 is 2.82 bits per heavy atom. The van der Waals surface area contributed by atoms with Gasteiger partial charge in [0.2, 0.25) is 0 Å². The zero-order valence-electron chi connectivity index (χ0n) is 10.0. The van der Waals surface area contributed by atoms with Crippen molar-refractivity contribution in [2.24, 2.45) is 0 Å². The number of aromatic carboxylic acids is 1. The molecule has 1 rings (SSSR count). The SMILES string of the molecule is CCOCCn1nnc(C(=O)O)c1CCOC. The number of hydrogen-bond donors (Lipinski definition) is 1. The van der Waals surface area contributed by atoms with Crippen molar-refractivity contribution in [3.63, 3.8) is 0 Å². The van der Waals surface area contributed by atoms with Crippen LogP contribution in [0.15, 0.2) is 0 Å². The molecule has 0 unspecified atom stereocenters. The molecule has 0 radical (unpaired) electrons. The Balaban J connectivity index is 2.76. The van der Waals surface area contributed by atoms with Crippen LogP contribution in [0.4, 0.5) is 0 Å². The molecule has 0 spiro atoms. The zero-order chi connectivity index (χ0) is 12.7. The lowest BCUT2D eigenvalue weighted by Crippen LogP contribution is -2.14. The van der Waals surface area contributed by atoms with E-state index >= 15 is 0 Å². The predicted octanol–water partition coefficient (Wildman–Crippen LogP) is 0.202. The van der Waals surface area contributed by atoms with Gasteiger partial charge in [0.05, 0.1) is 25.5 Å². The lowest BCUT2D eigenvalue weighted by molar-refractivity contribution is 0.0688. The van der Waals surface area contributed by atoms with E-state index in [-0.39, 0.29) is 5.69 Å². The molecular formula is C10H17N3O4. The molecule has 0 bridgehead atoms. The molecule has 7 heteroatoms. The van der Waals surface area contributed by atoms with Crippen LogP contribution in [0.2, 0.25) is 0 Å². The molecule has 0 amide bonds. The Labute approximate surface area is 99.3 Å². The van der Waals surface area contributed by atoms with Crippen molar-refractivity contribution in [1.82, 2.24) is 15.0 Å². The van der Waals surface area contributed by atoms with Gasteiger partial charge in [0, 0.05) is 20.1 Å². The third-order valence-electron chi connectivity index (χ3n) is 2.23. The summed E-state index contributed by atoms with van der Waals surface area (Å²) in [6, 6.07) is 0. The van der Waals surface area contributed by atoms with Crippen LogP contribution in [0.1, 0.15) is 23.1 Å². The van der Waals surface area contributed by atoms with Crippen LogP contribution >= 0.6 is 0 Å². The summed E-state index contributed by atoms with van der Waals surface area (Å²) < 4.78 is 11.7. The smallest absolute Gasteiger partial charge is 0.358 e. The standard InChI is InChI=1S/C10H17N3O4/c1-3-17-7-5-13-8(4-6-16-2)9(10(14)15)11-12-13/h3-7H2,1-2H3,(H,14,15). The number of carboxylic acids is 1. The van der Waals surface area contributed by atoms with Gasteiger partial charge in [0.1, 0.15) is 0 Å². The van der Waals surface area contributed by atoms with Gasteiger partial charge in [-0.1, -0.05) is 5.21 Å². The largest absolute Gasteiger partial charge is 0.476 e. The van der Waals surface area contributed by atoms with Gasteiger partial charge in [0.15, 0.2) is 5.69 Å². The maximum atomic E-state index is 10.9. The molecule has 0 saturated carbocycles. The van der Waals surface area contributed by atoms with E-state index in [1.54, 1.807) is 11.8 Å². The molecule has 0 aromatic carbocycles. The fraction of sp³-hybridized carbons (Fsp3) is 0.700. The van der Waals surface area contributed by atoms with E-state index in [0.717, 1.165) is 0 Å². The lowest BCUT2D eigenvalue weighted by atomic mass is 10.2. The summed E-state index contributed by atoms with van der Waals surface area (Å²) in [6.45, 7) is 3.93. The molecule has 0 fully saturated rings. The molecule has 0 aliphatic rings. The summed E-state index contributed by atoms with van der Waals surface area (Å²) in [7, 11) is 1.56. The first-order valence-electron chi connectivity index (χ1n) is 5.43. The van der Waals surface area contributed by atoms with Crippen molar-refractivity contribution < 1.29 is 19.4 Å². The normalized spacial score (nSPS) is 10.7. The Bertz CT molecular complexity index is 364. The first-order valence-corrected chi connectivity index (χ1v) is 5.43. The zero-order valence-corrected chi connectivity index (χ0v) is 10.0. The van der Waals surface area contributed by atoms with Crippen molar-refractivity contribution in [3.8, 4) is 0 Å². The minimum Gasteiger partial charge on any atom is -0.476 e. The quantitative estimate of drug-likeness (QED) is 0.656. The minimum absolute atomic E-state index is 0.0152. The third kappa shape index (κ3) is 3.79. The second kappa shape index (κ2) is 6.97. The molecule has 96 valence electrons. The summed E-state index contributed by atoms with van der Waals surface area (Å²) >= 11 is 0. The van der Waals surface area contributed by atoms with Crippen molar-refractivity contribution >= 4 is 5.97 Å². The van der Waals surface area contributed by atoms with Crippen LogP contribution in [-0.2, 0) is 22.4 Å². The Kier molecular flexibility index (Phi) is 5.58. The minimum atomic E-state index is -1.07. The number of ether oxygens (including phenoxy) is 2. The van der Waals surface area contributed by atoms with Gasteiger partial charge in [0.25, 0.3) is 0 Å². The van der Waals surface area contributed by atoms with Gasteiger partial charge in [-0.25, -0.2) is 9.48 Å². The molecule has 17 heavy (non-hydrogen) atoms. The molecule has 1 heterocycles. The monoisotopic (exact) mass is 243 g/mol. The van der Waals surface area contributed by atoms with E-state index in [0.29, 0.717) is 38.5 Å². The Morgan fingerprint density at radius 2 is 2.24 bits per heavy atom. The number of rotatable bonds is 8. The van der Waals surface area contributed by atoms with Crippen molar-refractivity contribution in [1.29, 1.82) is 0 Å².